The number of carboxylic acids is 1. The van der Waals surface area contributed by atoms with Crippen LogP contribution in [0.4, 0.5) is 13.2 Å². The first kappa shape index (κ1) is 12.9. The number of aromatic nitrogens is 1. The Morgan fingerprint density at radius 1 is 1.50 bits per heavy atom. The fourth-order valence-corrected chi connectivity index (χ4v) is 1.79. The van der Waals surface area contributed by atoms with Crippen molar-refractivity contribution in [2.75, 3.05) is 6.61 Å². The molecular formula is C10H10F3NO4. The van der Waals surface area contributed by atoms with E-state index in [1.165, 1.54) is 0 Å². The van der Waals surface area contributed by atoms with Gasteiger partial charge in [-0.25, -0.2) is 9.78 Å². The topological polar surface area (TPSA) is 72.6 Å². The fourth-order valence-electron chi connectivity index (χ4n) is 1.79. The molecule has 1 saturated heterocycles. The second kappa shape index (κ2) is 4.60. The number of rotatable bonds is 3. The van der Waals surface area contributed by atoms with Crippen LogP contribution in [0.2, 0.25) is 0 Å². The van der Waals surface area contributed by atoms with Gasteiger partial charge in [-0.15, -0.1) is 0 Å². The van der Waals surface area contributed by atoms with Crippen molar-refractivity contribution in [3.05, 3.63) is 17.3 Å². The first-order valence-electron chi connectivity index (χ1n) is 5.29. The molecule has 1 fully saturated rings. The summed E-state index contributed by atoms with van der Waals surface area (Å²) in [6, 6.07) is 0. The van der Waals surface area contributed by atoms with Gasteiger partial charge >= 0.3 is 12.1 Å². The van der Waals surface area contributed by atoms with Gasteiger partial charge in [-0.1, -0.05) is 0 Å². The summed E-state index contributed by atoms with van der Waals surface area (Å²) < 4.78 is 47.4. The molecule has 1 atom stereocenters. The monoisotopic (exact) mass is 265 g/mol. The largest absolute Gasteiger partial charge is 0.475 e. The van der Waals surface area contributed by atoms with Crippen molar-refractivity contribution in [3.8, 4) is 0 Å². The summed E-state index contributed by atoms with van der Waals surface area (Å²) in [7, 11) is 0. The molecule has 0 radical (unpaired) electrons. The van der Waals surface area contributed by atoms with E-state index < -0.39 is 23.6 Å². The van der Waals surface area contributed by atoms with E-state index in [2.05, 4.69) is 9.40 Å². The minimum Gasteiger partial charge on any atom is -0.475 e. The fraction of sp³-hybridized carbons (Fsp3) is 0.600. The van der Waals surface area contributed by atoms with Crippen LogP contribution in [0.1, 0.15) is 35.0 Å². The Morgan fingerprint density at radius 3 is 2.67 bits per heavy atom. The summed E-state index contributed by atoms with van der Waals surface area (Å²) in [4.78, 5) is 13.9. The average Bonchev–Trinajstić information content (AvgIpc) is 2.85. The molecule has 1 aromatic heterocycles. The molecule has 1 aromatic rings. The molecule has 1 N–H and O–H groups in total. The Labute approximate surface area is 99.6 Å². The second-order valence-electron chi connectivity index (χ2n) is 3.93. The van der Waals surface area contributed by atoms with Crippen molar-refractivity contribution < 1.29 is 32.2 Å². The summed E-state index contributed by atoms with van der Waals surface area (Å²) in [6.45, 7) is 0.545. The third-order valence-electron chi connectivity index (χ3n) is 2.56. The number of oxazole rings is 1. The second-order valence-corrected chi connectivity index (χ2v) is 3.93. The number of nitrogens with zero attached hydrogens (tertiary/aromatic N) is 1. The summed E-state index contributed by atoms with van der Waals surface area (Å²) >= 11 is 0. The van der Waals surface area contributed by atoms with E-state index in [9.17, 15) is 18.0 Å². The number of alkyl halides is 3. The highest BCUT2D eigenvalue weighted by Gasteiger charge is 2.41. The highest BCUT2D eigenvalue weighted by atomic mass is 19.4. The van der Waals surface area contributed by atoms with E-state index in [0.29, 0.717) is 13.0 Å². The third-order valence-corrected chi connectivity index (χ3v) is 2.56. The lowest BCUT2D eigenvalue weighted by Gasteiger charge is -2.04. The van der Waals surface area contributed by atoms with Crippen LogP contribution in [0.5, 0.6) is 0 Å². The first-order valence-corrected chi connectivity index (χ1v) is 5.29. The molecule has 0 saturated carbocycles. The number of carboxylic acid groups (broad SMARTS) is 1. The quantitative estimate of drug-likeness (QED) is 0.906. The van der Waals surface area contributed by atoms with Gasteiger partial charge in [-0.2, -0.15) is 13.2 Å². The van der Waals surface area contributed by atoms with Crippen LogP contribution in [0.15, 0.2) is 4.42 Å². The van der Waals surface area contributed by atoms with Crippen molar-refractivity contribution in [2.24, 2.45) is 0 Å². The van der Waals surface area contributed by atoms with Crippen LogP contribution >= 0.6 is 0 Å². The van der Waals surface area contributed by atoms with Crippen LogP contribution in [-0.2, 0) is 17.3 Å². The summed E-state index contributed by atoms with van der Waals surface area (Å²) in [5, 5.41) is 8.64. The average molecular weight is 265 g/mol. The maximum atomic E-state index is 12.5. The lowest BCUT2D eigenvalue weighted by molar-refractivity contribution is -0.141. The molecule has 1 aliphatic heterocycles. The molecule has 18 heavy (non-hydrogen) atoms. The molecule has 5 nitrogen and oxygen atoms in total. The lowest BCUT2D eigenvalue weighted by Crippen LogP contribution is -2.12. The molecule has 0 aliphatic carbocycles. The van der Waals surface area contributed by atoms with Crippen molar-refractivity contribution in [3.63, 3.8) is 0 Å². The molecule has 2 rings (SSSR count). The summed E-state index contributed by atoms with van der Waals surface area (Å²) in [6.07, 6.45) is -3.52. The number of ether oxygens (including phenoxy) is 1. The maximum Gasteiger partial charge on any atom is 0.437 e. The Balaban J connectivity index is 2.24. The molecule has 8 heteroatoms. The zero-order valence-corrected chi connectivity index (χ0v) is 9.16. The van der Waals surface area contributed by atoms with E-state index >= 15 is 0 Å². The molecule has 0 spiro atoms. The molecule has 1 aliphatic rings. The predicted octanol–water partition coefficient (Wildman–Crippen LogP) is 2.11. The van der Waals surface area contributed by atoms with Crippen LogP contribution in [-0.4, -0.2) is 28.8 Å². The number of halogens is 3. The van der Waals surface area contributed by atoms with Gasteiger partial charge in [0.1, 0.15) is 0 Å². The van der Waals surface area contributed by atoms with Gasteiger partial charge < -0.3 is 14.3 Å². The van der Waals surface area contributed by atoms with Crippen LogP contribution in [0.25, 0.3) is 0 Å². The molecule has 1 unspecified atom stereocenters. The van der Waals surface area contributed by atoms with E-state index in [-0.39, 0.29) is 18.4 Å². The van der Waals surface area contributed by atoms with Crippen molar-refractivity contribution in [1.82, 2.24) is 4.98 Å². The zero-order valence-electron chi connectivity index (χ0n) is 9.16. The third kappa shape index (κ3) is 2.63. The van der Waals surface area contributed by atoms with Gasteiger partial charge in [0, 0.05) is 6.61 Å². The SMILES string of the molecule is O=C(O)c1oc(CC2CCCO2)nc1C(F)(F)F. The molecule has 100 valence electrons. The number of aromatic carboxylic acids is 1. The van der Waals surface area contributed by atoms with Crippen molar-refractivity contribution >= 4 is 5.97 Å². The van der Waals surface area contributed by atoms with Gasteiger partial charge in [0.15, 0.2) is 11.6 Å². The molecule has 2 heterocycles. The van der Waals surface area contributed by atoms with Crippen LogP contribution in [0, 0.1) is 0 Å². The van der Waals surface area contributed by atoms with Gasteiger partial charge in [0.05, 0.1) is 12.5 Å². The Hall–Kier alpha value is -1.57. The first-order chi connectivity index (χ1) is 8.38. The molecule has 0 bridgehead atoms. The standard InChI is InChI=1S/C10H10F3NO4/c11-10(12,13)8-7(9(15)16)18-6(14-8)4-5-2-1-3-17-5/h5H,1-4H2,(H,15,16). The zero-order chi connectivity index (χ0) is 13.3. The lowest BCUT2D eigenvalue weighted by atomic mass is 10.2. The van der Waals surface area contributed by atoms with Gasteiger partial charge in [0.2, 0.25) is 5.76 Å². The minimum absolute atomic E-state index is 0.0519. The summed E-state index contributed by atoms with van der Waals surface area (Å²) in [5.74, 6) is -3.21. The molecule has 0 aromatic carbocycles. The highest BCUT2D eigenvalue weighted by molar-refractivity contribution is 5.85. The van der Waals surface area contributed by atoms with E-state index in [1.807, 2.05) is 0 Å². The Morgan fingerprint density at radius 2 is 2.22 bits per heavy atom. The van der Waals surface area contributed by atoms with Gasteiger partial charge in [-0.3, -0.25) is 0 Å². The van der Waals surface area contributed by atoms with E-state index in [4.69, 9.17) is 9.84 Å². The minimum atomic E-state index is -4.84. The molecule has 0 amide bonds. The van der Waals surface area contributed by atoms with Crippen molar-refractivity contribution in [1.29, 1.82) is 0 Å². The van der Waals surface area contributed by atoms with Gasteiger partial charge in [0.25, 0.3) is 0 Å². The van der Waals surface area contributed by atoms with E-state index in [0.717, 1.165) is 6.42 Å². The number of carbonyl (C=O) groups is 1. The number of hydrogen-bond acceptors (Lipinski definition) is 4. The normalized spacial score (nSPS) is 20.3. The maximum absolute atomic E-state index is 12.5. The number of hydrogen-bond donors (Lipinski definition) is 1. The van der Waals surface area contributed by atoms with Crippen molar-refractivity contribution in [2.45, 2.75) is 31.5 Å². The van der Waals surface area contributed by atoms with Crippen LogP contribution in [0.3, 0.4) is 0 Å². The van der Waals surface area contributed by atoms with E-state index in [1.54, 1.807) is 0 Å². The van der Waals surface area contributed by atoms with Crippen LogP contribution < -0.4 is 0 Å². The Bertz CT molecular complexity index is 448. The smallest absolute Gasteiger partial charge is 0.437 e. The summed E-state index contributed by atoms with van der Waals surface area (Å²) in [5.41, 5.74) is -1.50. The molecular weight excluding hydrogens is 255 g/mol. The Kier molecular flexibility index (Phi) is 3.29. The predicted molar refractivity (Wildman–Crippen MR) is 51.1 cm³/mol. The van der Waals surface area contributed by atoms with Gasteiger partial charge in [-0.05, 0) is 12.8 Å². The highest BCUT2D eigenvalue weighted by Crippen LogP contribution is 2.32.